The SMILES string of the molecule is C[C@H]1CC[C@H](c2ccc(C#N)cc2)N(C(=O)C(N)=O)C1. The van der Waals surface area contributed by atoms with Gasteiger partial charge in [-0.25, -0.2) is 0 Å². The van der Waals surface area contributed by atoms with E-state index in [0.717, 1.165) is 18.4 Å². The number of carbonyl (C=O) groups excluding carboxylic acids is 2. The first-order chi connectivity index (χ1) is 9.52. The third kappa shape index (κ3) is 2.80. The van der Waals surface area contributed by atoms with E-state index >= 15 is 0 Å². The topological polar surface area (TPSA) is 87.2 Å². The van der Waals surface area contributed by atoms with Crippen LogP contribution in [0.1, 0.15) is 36.9 Å². The summed E-state index contributed by atoms with van der Waals surface area (Å²) in [5, 5.41) is 8.81. The number of benzene rings is 1. The molecule has 20 heavy (non-hydrogen) atoms. The molecule has 1 saturated heterocycles. The largest absolute Gasteiger partial charge is 0.361 e. The van der Waals surface area contributed by atoms with Crippen molar-refractivity contribution >= 4 is 11.8 Å². The first kappa shape index (κ1) is 14.1. The minimum absolute atomic E-state index is 0.140. The first-order valence-electron chi connectivity index (χ1n) is 6.63. The van der Waals surface area contributed by atoms with Gasteiger partial charge in [0.2, 0.25) is 0 Å². The number of nitrogens with two attached hydrogens (primary N) is 1. The van der Waals surface area contributed by atoms with Gasteiger partial charge in [0.15, 0.2) is 0 Å². The third-order valence-electron chi connectivity index (χ3n) is 3.71. The monoisotopic (exact) mass is 271 g/mol. The van der Waals surface area contributed by atoms with Crippen LogP contribution in [0.3, 0.4) is 0 Å². The van der Waals surface area contributed by atoms with Crippen LogP contribution < -0.4 is 5.73 Å². The van der Waals surface area contributed by atoms with Crippen molar-refractivity contribution < 1.29 is 9.59 Å². The Labute approximate surface area is 118 Å². The second kappa shape index (κ2) is 5.74. The van der Waals surface area contributed by atoms with Crippen LogP contribution in [0.2, 0.25) is 0 Å². The van der Waals surface area contributed by atoms with E-state index < -0.39 is 11.8 Å². The van der Waals surface area contributed by atoms with Crippen molar-refractivity contribution in [2.24, 2.45) is 11.7 Å². The number of piperidine rings is 1. The molecule has 1 aromatic rings. The fourth-order valence-electron chi connectivity index (χ4n) is 2.64. The lowest BCUT2D eigenvalue weighted by Gasteiger charge is -2.38. The van der Waals surface area contributed by atoms with Crippen molar-refractivity contribution in [2.75, 3.05) is 6.54 Å². The number of primary amides is 1. The zero-order valence-corrected chi connectivity index (χ0v) is 11.4. The Kier molecular flexibility index (Phi) is 4.04. The van der Waals surface area contributed by atoms with Crippen molar-refractivity contribution in [3.8, 4) is 6.07 Å². The first-order valence-corrected chi connectivity index (χ1v) is 6.63. The van der Waals surface area contributed by atoms with E-state index in [9.17, 15) is 9.59 Å². The molecule has 1 aromatic carbocycles. The Bertz CT molecular complexity index is 559. The van der Waals surface area contributed by atoms with Gasteiger partial charge in [-0.2, -0.15) is 5.26 Å². The van der Waals surface area contributed by atoms with Crippen LogP contribution in [-0.2, 0) is 9.59 Å². The molecule has 104 valence electrons. The minimum atomic E-state index is -0.919. The number of rotatable bonds is 1. The molecule has 2 rings (SSSR count). The van der Waals surface area contributed by atoms with Gasteiger partial charge < -0.3 is 10.6 Å². The number of hydrogen-bond donors (Lipinski definition) is 1. The van der Waals surface area contributed by atoms with Gasteiger partial charge in [0.1, 0.15) is 0 Å². The van der Waals surface area contributed by atoms with Gasteiger partial charge in [0, 0.05) is 6.54 Å². The Morgan fingerprint density at radius 2 is 1.95 bits per heavy atom. The van der Waals surface area contributed by atoms with Crippen molar-refractivity contribution in [1.29, 1.82) is 5.26 Å². The summed E-state index contributed by atoms with van der Waals surface area (Å²) in [6, 6.07) is 9.03. The van der Waals surface area contributed by atoms with Crippen molar-refractivity contribution in [2.45, 2.75) is 25.8 Å². The molecular formula is C15H17N3O2. The van der Waals surface area contributed by atoms with Crippen LogP contribution in [0.15, 0.2) is 24.3 Å². The van der Waals surface area contributed by atoms with E-state index in [2.05, 4.69) is 13.0 Å². The predicted molar refractivity (Wildman–Crippen MR) is 73.2 cm³/mol. The second-order valence-electron chi connectivity index (χ2n) is 5.25. The van der Waals surface area contributed by atoms with Gasteiger partial charge in [-0.15, -0.1) is 0 Å². The van der Waals surface area contributed by atoms with E-state index in [0.29, 0.717) is 18.0 Å². The molecule has 0 aromatic heterocycles. The van der Waals surface area contributed by atoms with Crippen LogP contribution in [0.5, 0.6) is 0 Å². The lowest BCUT2D eigenvalue weighted by molar-refractivity contribution is -0.147. The molecule has 1 aliphatic heterocycles. The molecule has 2 atom stereocenters. The normalized spacial score (nSPS) is 22.1. The Hall–Kier alpha value is -2.35. The average Bonchev–Trinajstić information content (AvgIpc) is 2.46. The summed E-state index contributed by atoms with van der Waals surface area (Å²) in [7, 11) is 0. The van der Waals surface area contributed by atoms with Gasteiger partial charge >= 0.3 is 11.8 Å². The summed E-state index contributed by atoms with van der Waals surface area (Å²) in [5.41, 5.74) is 6.64. The quantitative estimate of drug-likeness (QED) is 0.782. The maximum atomic E-state index is 11.9. The summed E-state index contributed by atoms with van der Waals surface area (Å²) in [5.74, 6) is -1.20. The number of carbonyl (C=O) groups is 2. The molecule has 1 heterocycles. The molecule has 5 nitrogen and oxygen atoms in total. The highest BCUT2D eigenvalue weighted by Crippen LogP contribution is 2.33. The molecule has 0 saturated carbocycles. The molecule has 0 spiro atoms. The van der Waals surface area contributed by atoms with Crippen molar-refractivity contribution in [1.82, 2.24) is 4.90 Å². The summed E-state index contributed by atoms with van der Waals surface area (Å²) >= 11 is 0. The molecule has 5 heteroatoms. The summed E-state index contributed by atoms with van der Waals surface area (Å²) in [6.07, 6.45) is 1.79. The molecule has 1 aliphatic rings. The van der Waals surface area contributed by atoms with E-state index in [1.54, 1.807) is 17.0 Å². The Balaban J connectivity index is 2.28. The molecule has 2 amide bonds. The fraction of sp³-hybridized carbons (Fsp3) is 0.400. The zero-order valence-electron chi connectivity index (χ0n) is 11.4. The van der Waals surface area contributed by atoms with Crippen LogP contribution in [0, 0.1) is 17.2 Å². The number of amides is 2. The van der Waals surface area contributed by atoms with Crippen LogP contribution in [0.4, 0.5) is 0 Å². The molecule has 0 radical (unpaired) electrons. The van der Waals surface area contributed by atoms with Gasteiger partial charge in [-0.05, 0) is 36.5 Å². The number of hydrogen-bond acceptors (Lipinski definition) is 3. The summed E-state index contributed by atoms with van der Waals surface area (Å²) in [6.45, 7) is 2.59. The molecule has 1 fully saturated rings. The standard InChI is InChI=1S/C15H17N3O2/c1-10-2-7-13(18(9-10)15(20)14(17)19)12-5-3-11(8-16)4-6-12/h3-6,10,13H,2,7,9H2,1H3,(H2,17,19)/t10-,13+/m0/s1. The van der Waals surface area contributed by atoms with Gasteiger partial charge in [-0.1, -0.05) is 19.1 Å². The Morgan fingerprint density at radius 1 is 1.30 bits per heavy atom. The zero-order chi connectivity index (χ0) is 14.7. The lowest BCUT2D eigenvalue weighted by Crippen LogP contribution is -2.46. The van der Waals surface area contributed by atoms with Gasteiger partial charge in [0.25, 0.3) is 0 Å². The third-order valence-corrected chi connectivity index (χ3v) is 3.71. The number of nitriles is 1. The molecule has 0 aliphatic carbocycles. The maximum absolute atomic E-state index is 11.9. The average molecular weight is 271 g/mol. The Morgan fingerprint density at radius 3 is 2.50 bits per heavy atom. The minimum Gasteiger partial charge on any atom is -0.361 e. The van der Waals surface area contributed by atoms with Gasteiger partial charge in [0.05, 0.1) is 17.7 Å². The molecule has 2 N–H and O–H groups in total. The summed E-state index contributed by atoms with van der Waals surface area (Å²) in [4.78, 5) is 24.7. The van der Waals surface area contributed by atoms with Gasteiger partial charge in [-0.3, -0.25) is 9.59 Å². The number of likely N-dealkylation sites (tertiary alicyclic amines) is 1. The summed E-state index contributed by atoms with van der Waals surface area (Å²) < 4.78 is 0. The molecular weight excluding hydrogens is 254 g/mol. The van der Waals surface area contributed by atoms with E-state index in [-0.39, 0.29) is 6.04 Å². The van der Waals surface area contributed by atoms with E-state index in [1.807, 2.05) is 12.1 Å². The predicted octanol–water partition coefficient (Wildman–Crippen LogP) is 1.34. The lowest BCUT2D eigenvalue weighted by atomic mass is 9.89. The molecule has 0 bridgehead atoms. The van der Waals surface area contributed by atoms with Crippen LogP contribution >= 0.6 is 0 Å². The second-order valence-corrected chi connectivity index (χ2v) is 5.25. The smallest absolute Gasteiger partial charge is 0.312 e. The van der Waals surface area contributed by atoms with E-state index in [1.165, 1.54) is 0 Å². The van der Waals surface area contributed by atoms with Crippen LogP contribution in [0.25, 0.3) is 0 Å². The maximum Gasteiger partial charge on any atom is 0.312 e. The highest BCUT2D eigenvalue weighted by molar-refractivity contribution is 6.34. The van der Waals surface area contributed by atoms with Crippen LogP contribution in [-0.4, -0.2) is 23.3 Å². The highest BCUT2D eigenvalue weighted by Gasteiger charge is 2.33. The van der Waals surface area contributed by atoms with Crippen molar-refractivity contribution in [3.63, 3.8) is 0 Å². The molecule has 0 unspecified atom stereocenters. The number of nitrogens with zero attached hydrogens (tertiary/aromatic N) is 2. The van der Waals surface area contributed by atoms with E-state index in [4.69, 9.17) is 11.0 Å². The highest BCUT2D eigenvalue weighted by atomic mass is 16.2. The van der Waals surface area contributed by atoms with Crippen molar-refractivity contribution in [3.05, 3.63) is 35.4 Å². The fourth-order valence-corrected chi connectivity index (χ4v) is 2.64.